The Bertz CT molecular complexity index is 912. The number of likely N-dealkylation sites (tertiary alicyclic amines) is 1. The second-order valence-electron chi connectivity index (χ2n) is 7.97. The van der Waals surface area contributed by atoms with E-state index in [9.17, 15) is 9.59 Å². The number of nitrogens with zero attached hydrogens (tertiary/aromatic N) is 1. The van der Waals surface area contributed by atoms with E-state index in [2.05, 4.69) is 21.3 Å². The van der Waals surface area contributed by atoms with E-state index in [0.717, 1.165) is 54.1 Å². The number of H-pyrrole nitrogens is 1. The number of benzene rings is 1. The number of para-hydroxylation sites is 1. The zero-order chi connectivity index (χ0) is 20.4. The number of hydrogen-bond acceptors (Lipinski definition) is 4. The number of hydrogen-bond donors (Lipinski definition) is 2. The summed E-state index contributed by atoms with van der Waals surface area (Å²) in [5.74, 6) is 0.836. The van der Waals surface area contributed by atoms with Gasteiger partial charge in [-0.2, -0.15) is 0 Å². The van der Waals surface area contributed by atoms with Crippen LogP contribution in [0.1, 0.15) is 69.4 Å². The number of carbonyl (C=O) groups is 2. The first-order valence-corrected chi connectivity index (χ1v) is 10.5. The van der Waals surface area contributed by atoms with Crippen molar-refractivity contribution in [3.05, 3.63) is 52.3 Å². The van der Waals surface area contributed by atoms with Crippen molar-refractivity contribution in [3.63, 3.8) is 0 Å². The molecule has 2 heterocycles. The van der Waals surface area contributed by atoms with Crippen molar-refractivity contribution in [1.29, 1.82) is 0 Å². The molecule has 1 amide bonds. The highest BCUT2D eigenvalue weighted by molar-refractivity contribution is 6.04. The van der Waals surface area contributed by atoms with Crippen molar-refractivity contribution < 1.29 is 14.3 Å². The van der Waals surface area contributed by atoms with Crippen LogP contribution in [0.5, 0.6) is 5.75 Å². The molecule has 1 aliphatic heterocycles. The van der Waals surface area contributed by atoms with Gasteiger partial charge in [-0.15, -0.1) is 0 Å². The fraction of sp³-hybridized carbons (Fsp3) is 0.478. The molecule has 29 heavy (non-hydrogen) atoms. The molecule has 6 nitrogen and oxygen atoms in total. The zero-order valence-electron chi connectivity index (χ0n) is 17.2. The Morgan fingerprint density at radius 2 is 1.97 bits per heavy atom. The van der Waals surface area contributed by atoms with Gasteiger partial charge in [-0.25, -0.2) is 0 Å². The lowest BCUT2D eigenvalue weighted by Crippen LogP contribution is -2.37. The summed E-state index contributed by atoms with van der Waals surface area (Å²) in [6.07, 6.45) is 4.58. The maximum Gasteiger partial charge on any atom is 0.268 e. The smallest absolute Gasteiger partial charge is 0.268 e. The lowest BCUT2D eigenvalue weighted by atomic mass is 9.94. The van der Waals surface area contributed by atoms with Gasteiger partial charge in [0.05, 0.1) is 13.2 Å². The average molecular weight is 396 g/mol. The molecule has 2 N–H and O–H groups in total. The van der Waals surface area contributed by atoms with Crippen LogP contribution in [0.3, 0.4) is 0 Å². The van der Waals surface area contributed by atoms with E-state index in [1.54, 1.807) is 7.11 Å². The number of amides is 1. The molecule has 1 atom stereocenters. The number of fused-ring (bicyclic) bond motifs is 1. The molecule has 1 aliphatic carbocycles. The Labute approximate surface area is 171 Å². The standard InChI is InChI=1S/C23H29N3O3/c1-15-21-17(9-7-10-19(21)27)25-22(15)23(28)24-14-18(26-12-5-6-13-26)16-8-3-4-11-20(16)29-2/h3-4,8,11,18,25H,5-7,9-10,12-14H2,1-2H3,(H,24,28)/t18-/m1/s1. The van der Waals surface area contributed by atoms with E-state index < -0.39 is 0 Å². The summed E-state index contributed by atoms with van der Waals surface area (Å²) in [5, 5.41) is 3.11. The molecule has 0 bridgehead atoms. The third-order valence-electron chi connectivity index (χ3n) is 6.20. The number of aromatic amines is 1. The van der Waals surface area contributed by atoms with Crippen molar-refractivity contribution in [2.75, 3.05) is 26.7 Å². The fourth-order valence-electron chi connectivity index (χ4n) is 4.71. The highest BCUT2D eigenvalue weighted by atomic mass is 16.5. The van der Waals surface area contributed by atoms with Gasteiger partial charge in [0, 0.05) is 29.8 Å². The summed E-state index contributed by atoms with van der Waals surface area (Å²) in [4.78, 5) is 30.9. The predicted octanol–water partition coefficient (Wildman–Crippen LogP) is 3.42. The fourth-order valence-corrected chi connectivity index (χ4v) is 4.71. The summed E-state index contributed by atoms with van der Waals surface area (Å²) in [5.41, 5.74) is 4.02. The summed E-state index contributed by atoms with van der Waals surface area (Å²) < 4.78 is 5.58. The minimum absolute atomic E-state index is 0.0594. The molecular formula is C23H29N3O3. The molecule has 1 aromatic carbocycles. The number of aryl methyl sites for hydroxylation is 1. The minimum atomic E-state index is -0.149. The number of aromatic nitrogens is 1. The molecule has 2 aliphatic rings. The van der Waals surface area contributed by atoms with Crippen LogP contribution in [-0.4, -0.2) is 48.3 Å². The highest BCUT2D eigenvalue weighted by Gasteiger charge is 2.29. The van der Waals surface area contributed by atoms with Gasteiger partial charge in [-0.05, 0) is 57.3 Å². The van der Waals surface area contributed by atoms with Crippen LogP contribution in [0.25, 0.3) is 0 Å². The molecule has 154 valence electrons. The first-order valence-electron chi connectivity index (χ1n) is 10.5. The Kier molecular flexibility index (Phi) is 5.72. The lowest BCUT2D eigenvalue weighted by molar-refractivity contribution is 0.0931. The molecule has 6 heteroatoms. The minimum Gasteiger partial charge on any atom is -0.496 e. The summed E-state index contributed by atoms with van der Waals surface area (Å²) in [6.45, 7) is 4.40. The van der Waals surface area contributed by atoms with E-state index in [-0.39, 0.29) is 17.7 Å². The zero-order valence-corrected chi connectivity index (χ0v) is 17.2. The van der Waals surface area contributed by atoms with Crippen molar-refractivity contribution >= 4 is 11.7 Å². The normalized spacial score (nSPS) is 17.8. The first kappa shape index (κ1) is 19.7. The van der Waals surface area contributed by atoms with Crippen molar-refractivity contribution in [2.45, 2.75) is 45.1 Å². The Balaban J connectivity index is 1.55. The van der Waals surface area contributed by atoms with Gasteiger partial charge in [-0.1, -0.05) is 18.2 Å². The quantitative estimate of drug-likeness (QED) is 0.786. The number of nitrogens with one attached hydrogen (secondary N) is 2. The van der Waals surface area contributed by atoms with Gasteiger partial charge in [0.2, 0.25) is 0 Å². The topological polar surface area (TPSA) is 74.4 Å². The van der Waals surface area contributed by atoms with Crippen molar-refractivity contribution in [3.8, 4) is 5.75 Å². The lowest BCUT2D eigenvalue weighted by Gasteiger charge is -2.29. The van der Waals surface area contributed by atoms with Gasteiger partial charge in [0.1, 0.15) is 11.4 Å². The molecule has 1 fully saturated rings. The van der Waals surface area contributed by atoms with Crippen molar-refractivity contribution in [2.24, 2.45) is 0 Å². The maximum atomic E-state index is 13.0. The van der Waals surface area contributed by atoms with Gasteiger partial charge < -0.3 is 15.0 Å². The number of rotatable bonds is 6. The van der Waals surface area contributed by atoms with E-state index in [4.69, 9.17) is 4.74 Å². The van der Waals surface area contributed by atoms with E-state index in [1.807, 2.05) is 25.1 Å². The molecule has 4 rings (SSSR count). The van der Waals surface area contributed by atoms with Gasteiger partial charge in [0.15, 0.2) is 5.78 Å². The second-order valence-corrected chi connectivity index (χ2v) is 7.97. The largest absolute Gasteiger partial charge is 0.496 e. The van der Waals surface area contributed by atoms with Crippen LogP contribution in [0.2, 0.25) is 0 Å². The molecule has 1 aromatic heterocycles. The summed E-state index contributed by atoms with van der Waals surface area (Å²) >= 11 is 0. The van der Waals surface area contributed by atoms with Gasteiger partial charge >= 0.3 is 0 Å². The Hall–Kier alpha value is -2.60. The predicted molar refractivity (Wildman–Crippen MR) is 112 cm³/mol. The molecule has 0 spiro atoms. The van der Waals surface area contributed by atoms with Crippen LogP contribution in [0, 0.1) is 6.92 Å². The SMILES string of the molecule is COc1ccccc1[C@@H](CNC(=O)c1[nH]c2c(c1C)C(=O)CCC2)N1CCCC1. The molecule has 0 radical (unpaired) electrons. The Morgan fingerprint density at radius 1 is 1.21 bits per heavy atom. The first-order chi connectivity index (χ1) is 14.1. The summed E-state index contributed by atoms with van der Waals surface area (Å²) in [6, 6.07) is 8.08. The summed E-state index contributed by atoms with van der Waals surface area (Å²) in [7, 11) is 1.68. The van der Waals surface area contributed by atoms with Crippen LogP contribution >= 0.6 is 0 Å². The number of methoxy groups -OCH3 is 1. The monoisotopic (exact) mass is 395 g/mol. The molecule has 0 unspecified atom stereocenters. The number of ketones is 1. The molecule has 2 aromatic rings. The third kappa shape index (κ3) is 3.81. The van der Waals surface area contributed by atoms with Crippen LogP contribution in [0.15, 0.2) is 24.3 Å². The van der Waals surface area contributed by atoms with Crippen LogP contribution in [0.4, 0.5) is 0 Å². The number of Topliss-reactive ketones (excluding diaryl/α,β-unsaturated/α-hetero) is 1. The Morgan fingerprint density at radius 3 is 2.69 bits per heavy atom. The molecular weight excluding hydrogens is 366 g/mol. The second kappa shape index (κ2) is 8.41. The third-order valence-corrected chi connectivity index (χ3v) is 6.20. The average Bonchev–Trinajstić information content (AvgIpc) is 3.37. The van der Waals surface area contributed by atoms with E-state index >= 15 is 0 Å². The van der Waals surface area contributed by atoms with Crippen LogP contribution < -0.4 is 10.1 Å². The number of ether oxygens (including phenoxy) is 1. The van der Waals surface area contributed by atoms with Crippen LogP contribution in [-0.2, 0) is 6.42 Å². The van der Waals surface area contributed by atoms with Crippen molar-refractivity contribution in [1.82, 2.24) is 15.2 Å². The van der Waals surface area contributed by atoms with E-state index in [1.165, 1.54) is 12.8 Å². The molecule has 0 saturated carbocycles. The number of carbonyl (C=O) groups excluding carboxylic acids is 2. The van der Waals surface area contributed by atoms with Gasteiger partial charge in [-0.3, -0.25) is 14.5 Å². The van der Waals surface area contributed by atoms with Gasteiger partial charge in [0.25, 0.3) is 5.91 Å². The highest BCUT2D eigenvalue weighted by Crippen LogP contribution is 2.31. The molecule has 1 saturated heterocycles. The van der Waals surface area contributed by atoms with E-state index in [0.29, 0.717) is 18.7 Å². The maximum absolute atomic E-state index is 13.0.